The fraction of sp³-hybridized carbons (Fsp3) is 0.700. The number of hydrogen-bond acceptors (Lipinski definition) is 2. The molecule has 1 saturated carbocycles. The molecule has 0 heterocycles. The summed E-state index contributed by atoms with van der Waals surface area (Å²) in [5.41, 5.74) is 2.79. The predicted molar refractivity (Wildman–Crippen MR) is 101 cm³/mol. The molecule has 2 aliphatic carbocycles. The van der Waals surface area contributed by atoms with Gasteiger partial charge in [-0.15, -0.1) is 0 Å². The van der Waals surface area contributed by atoms with Gasteiger partial charge in [0.1, 0.15) is 5.84 Å². The number of nitrogens with zero attached hydrogens (tertiary/aromatic N) is 3. The van der Waals surface area contributed by atoms with Gasteiger partial charge in [0.25, 0.3) is 0 Å². The maximum Gasteiger partial charge on any atom is 0.149 e. The largest absolute Gasteiger partial charge is 0.326 e. The first kappa shape index (κ1) is 18.0. The van der Waals surface area contributed by atoms with Crippen molar-refractivity contribution in [2.75, 3.05) is 7.05 Å². The van der Waals surface area contributed by atoms with Crippen molar-refractivity contribution in [3.05, 3.63) is 23.9 Å². The average molecular weight is 316 g/mol. The Morgan fingerprint density at radius 1 is 1.35 bits per heavy atom. The molecular formula is C20H33N3. The second-order valence-electron chi connectivity index (χ2n) is 7.64. The van der Waals surface area contributed by atoms with E-state index in [9.17, 15) is 0 Å². The highest BCUT2D eigenvalue weighted by atomic mass is 15.2. The molecule has 0 saturated heterocycles. The molecule has 0 aromatic carbocycles. The van der Waals surface area contributed by atoms with Crippen LogP contribution in [0.2, 0.25) is 0 Å². The molecule has 3 atom stereocenters. The normalized spacial score (nSPS) is 29.6. The summed E-state index contributed by atoms with van der Waals surface area (Å²) in [6.07, 6.45) is 10.2. The molecule has 0 aromatic rings. The first-order chi connectivity index (χ1) is 10.8. The van der Waals surface area contributed by atoms with Crippen molar-refractivity contribution in [1.29, 1.82) is 0 Å². The van der Waals surface area contributed by atoms with Crippen molar-refractivity contribution in [2.24, 2.45) is 21.3 Å². The van der Waals surface area contributed by atoms with Crippen LogP contribution in [0.3, 0.4) is 0 Å². The Bertz CT molecular complexity index is 553. The Hall–Kier alpha value is -1.38. The fourth-order valence-corrected chi connectivity index (χ4v) is 3.73. The van der Waals surface area contributed by atoms with Crippen molar-refractivity contribution < 1.29 is 0 Å². The van der Waals surface area contributed by atoms with E-state index in [1.54, 1.807) is 0 Å². The van der Waals surface area contributed by atoms with Gasteiger partial charge >= 0.3 is 0 Å². The van der Waals surface area contributed by atoms with E-state index in [2.05, 4.69) is 69.7 Å². The molecular weight excluding hydrogens is 282 g/mol. The van der Waals surface area contributed by atoms with Crippen LogP contribution in [0.5, 0.6) is 0 Å². The Kier molecular flexibility index (Phi) is 5.49. The third kappa shape index (κ3) is 3.76. The van der Waals surface area contributed by atoms with Crippen molar-refractivity contribution in [2.45, 2.75) is 72.9 Å². The Morgan fingerprint density at radius 2 is 2.00 bits per heavy atom. The Labute approximate surface area is 142 Å². The molecule has 2 rings (SSSR count). The summed E-state index contributed by atoms with van der Waals surface area (Å²) in [4.78, 5) is 11.9. The SMILES string of the molecule is C/N=C(\C(C)=N/C(C)C)N(C1=CC=CCC1)C(C)C1(C)C[C@H]1C. The van der Waals surface area contributed by atoms with Crippen LogP contribution in [-0.2, 0) is 0 Å². The first-order valence-electron chi connectivity index (χ1n) is 8.97. The van der Waals surface area contributed by atoms with Gasteiger partial charge in [-0.05, 0) is 64.4 Å². The van der Waals surface area contributed by atoms with E-state index >= 15 is 0 Å². The van der Waals surface area contributed by atoms with Crippen LogP contribution in [0.1, 0.15) is 60.8 Å². The minimum Gasteiger partial charge on any atom is -0.326 e. The minimum absolute atomic E-state index is 0.291. The Morgan fingerprint density at radius 3 is 2.43 bits per heavy atom. The summed E-state index contributed by atoms with van der Waals surface area (Å²) in [5, 5.41) is 0. The van der Waals surface area contributed by atoms with Crippen LogP contribution >= 0.6 is 0 Å². The van der Waals surface area contributed by atoms with E-state index in [4.69, 9.17) is 4.99 Å². The summed E-state index contributed by atoms with van der Waals surface area (Å²) in [6.45, 7) is 13.5. The molecule has 2 unspecified atom stereocenters. The molecule has 0 aliphatic heterocycles. The molecule has 0 N–H and O–H groups in total. The summed E-state index contributed by atoms with van der Waals surface area (Å²) >= 11 is 0. The molecule has 0 aromatic heterocycles. The van der Waals surface area contributed by atoms with Crippen LogP contribution in [0.15, 0.2) is 33.9 Å². The summed E-state index contributed by atoms with van der Waals surface area (Å²) in [6, 6.07) is 0.728. The van der Waals surface area contributed by atoms with Crippen LogP contribution in [0, 0.1) is 11.3 Å². The minimum atomic E-state index is 0.291. The van der Waals surface area contributed by atoms with E-state index in [-0.39, 0.29) is 0 Å². The maximum atomic E-state index is 4.77. The van der Waals surface area contributed by atoms with Crippen LogP contribution in [0.4, 0.5) is 0 Å². The lowest BCUT2D eigenvalue weighted by atomic mass is 9.94. The maximum absolute atomic E-state index is 4.77. The van der Waals surface area contributed by atoms with E-state index in [0.29, 0.717) is 17.5 Å². The molecule has 128 valence electrons. The summed E-state index contributed by atoms with van der Waals surface area (Å²) in [7, 11) is 1.90. The molecule has 0 bridgehead atoms. The van der Waals surface area contributed by atoms with Gasteiger partial charge in [0.2, 0.25) is 0 Å². The van der Waals surface area contributed by atoms with Crippen molar-refractivity contribution in [1.82, 2.24) is 4.90 Å². The quantitative estimate of drug-likeness (QED) is 0.526. The molecule has 2 aliphatic rings. The van der Waals surface area contributed by atoms with Gasteiger partial charge in [-0.1, -0.05) is 26.0 Å². The van der Waals surface area contributed by atoms with Gasteiger partial charge in [-0.2, -0.15) is 0 Å². The standard InChI is InChI=1S/C20H33N3/c1-14(2)22-16(4)19(21-7)23(18-11-9-8-10-12-18)17(5)20(6)13-15(20)3/h8-9,11,14-15,17H,10,12-13H2,1-7H3/b21-19+,22-16-/t15-,17?,20?/m1/s1. The van der Waals surface area contributed by atoms with E-state index in [1.807, 2.05) is 7.05 Å². The number of allylic oxidation sites excluding steroid dienone is 4. The second kappa shape index (κ2) is 7.02. The average Bonchev–Trinajstić information content (AvgIpc) is 3.12. The highest BCUT2D eigenvalue weighted by Crippen LogP contribution is 2.56. The zero-order valence-corrected chi connectivity index (χ0v) is 15.9. The monoisotopic (exact) mass is 315 g/mol. The highest BCUT2D eigenvalue weighted by Gasteiger charge is 2.53. The molecule has 3 heteroatoms. The molecule has 0 spiro atoms. The highest BCUT2D eigenvalue weighted by molar-refractivity contribution is 6.40. The van der Waals surface area contributed by atoms with Gasteiger partial charge in [0.05, 0.1) is 5.71 Å². The molecule has 23 heavy (non-hydrogen) atoms. The number of aliphatic imine (C=N–C) groups is 2. The lowest BCUT2D eigenvalue weighted by Crippen LogP contribution is -2.46. The number of hydrogen-bond donors (Lipinski definition) is 0. The third-order valence-electron chi connectivity index (χ3n) is 5.57. The van der Waals surface area contributed by atoms with Gasteiger partial charge in [0.15, 0.2) is 0 Å². The molecule has 3 nitrogen and oxygen atoms in total. The molecule has 0 amide bonds. The van der Waals surface area contributed by atoms with Gasteiger partial charge in [-0.3, -0.25) is 9.98 Å². The van der Waals surface area contributed by atoms with Crippen LogP contribution in [0.25, 0.3) is 0 Å². The number of rotatable bonds is 5. The first-order valence-corrected chi connectivity index (χ1v) is 8.97. The van der Waals surface area contributed by atoms with Gasteiger partial charge in [0, 0.05) is 24.8 Å². The van der Waals surface area contributed by atoms with E-state index in [1.165, 1.54) is 12.1 Å². The number of amidine groups is 1. The topological polar surface area (TPSA) is 28.0 Å². The van der Waals surface area contributed by atoms with E-state index in [0.717, 1.165) is 30.3 Å². The van der Waals surface area contributed by atoms with Crippen molar-refractivity contribution in [3.8, 4) is 0 Å². The van der Waals surface area contributed by atoms with Gasteiger partial charge < -0.3 is 4.90 Å². The van der Waals surface area contributed by atoms with Crippen molar-refractivity contribution >= 4 is 11.5 Å². The summed E-state index contributed by atoms with van der Waals surface area (Å²) in [5.74, 6) is 1.81. The Balaban J connectivity index is 2.40. The lowest BCUT2D eigenvalue weighted by Gasteiger charge is -2.38. The lowest BCUT2D eigenvalue weighted by molar-refractivity contribution is 0.262. The zero-order chi connectivity index (χ0) is 17.2. The fourth-order valence-electron chi connectivity index (χ4n) is 3.73. The smallest absolute Gasteiger partial charge is 0.149 e. The zero-order valence-electron chi connectivity index (χ0n) is 15.9. The predicted octanol–water partition coefficient (Wildman–Crippen LogP) is 4.85. The molecule has 0 radical (unpaired) electrons. The second-order valence-corrected chi connectivity index (χ2v) is 7.64. The van der Waals surface area contributed by atoms with Crippen LogP contribution in [-0.4, -0.2) is 35.6 Å². The summed E-state index contributed by atoms with van der Waals surface area (Å²) < 4.78 is 0. The van der Waals surface area contributed by atoms with Gasteiger partial charge in [-0.25, -0.2) is 0 Å². The van der Waals surface area contributed by atoms with Crippen LogP contribution < -0.4 is 0 Å². The third-order valence-corrected chi connectivity index (χ3v) is 5.57. The van der Waals surface area contributed by atoms with E-state index < -0.39 is 0 Å². The van der Waals surface area contributed by atoms with Crippen molar-refractivity contribution in [3.63, 3.8) is 0 Å². The molecule has 1 fully saturated rings.